The second-order valence-electron chi connectivity index (χ2n) is 5.16. The maximum atomic E-state index is 5.78. The van der Waals surface area contributed by atoms with Gasteiger partial charge in [-0.1, -0.05) is 12.1 Å². The average molecular weight is 314 g/mol. The Labute approximate surface area is 138 Å². The summed E-state index contributed by atoms with van der Waals surface area (Å²) in [7, 11) is 0. The fraction of sp³-hybridized carbons (Fsp3) is 0. The predicted molar refractivity (Wildman–Crippen MR) is 94.2 cm³/mol. The molecule has 4 aromatic rings. The minimum atomic E-state index is 0.439. The standard InChI is InChI=1S/C18H14N6/c19-14-9-7-13-8-10-17(23-18(13)22-14)24(15-5-1-3-11-20-15)16-6-2-4-12-21-16/h1-12H,(H2,19,22,23). The molecule has 0 unspecified atom stereocenters. The fourth-order valence-electron chi connectivity index (χ4n) is 2.45. The third-order valence-electron chi connectivity index (χ3n) is 3.55. The van der Waals surface area contributed by atoms with Gasteiger partial charge in [-0.25, -0.2) is 19.9 Å². The molecule has 6 nitrogen and oxygen atoms in total. The third-order valence-corrected chi connectivity index (χ3v) is 3.55. The molecule has 0 radical (unpaired) electrons. The van der Waals surface area contributed by atoms with Gasteiger partial charge in [0.1, 0.15) is 23.3 Å². The fourth-order valence-corrected chi connectivity index (χ4v) is 2.45. The maximum absolute atomic E-state index is 5.78. The minimum Gasteiger partial charge on any atom is -0.384 e. The average Bonchev–Trinajstić information content (AvgIpc) is 2.63. The molecule has 4 aromatic heterocycles. The van der Waals surface area contributed by atoms with Gasteiger partial charge < -0.3 is 5.73 Å². The Balaban J connectivity index is 1.90. The van der Waals surface area contributed by atoms with Crippen LogP contribution in [0.5, 0.6) is 0 Å². The first-order chi connectivity index (χ1) is 11.8. The van der Waals surface area contributed by atoms with Crippen LogP contribution in [0.2, 0.25) is 0 Å². The Morgan fingerprint density at radius 2 is 1.33 bits per heavy atom. The second-order valence-corrected chi connectivity index (χ2v) is 5.16. The summed E-state index contributed by atoms with van der Waals surface area (Å²) in [5.41, 5.74) is 6.37. The van der Waals surface area contributed by atoms with Gasteiger partial charge in [-0.05, 0) is 48.5 Å². The van der Waals surface area contributed by atoms with Gasteiger partial charge in [0.25, 0.3) is 0 Å². The number of anilines is 4. The number of nitrogen functional groups attached to an aromatic ring is 1. The SMILES string of the molecule is Nc1ccc2ccc(N(c3ccccn3)c3ccccn3)nc2n1. The van der Waals surface area contributed by atoms with Crippen molar-refractivity contribution in [2.24, 2.45) is 0 Å². The van der Waals surface area contributed by atoms with Crippen molar-refractivity contribution < 1.29 is 0 Å². The Hall–Kier alpha value is -3.54. The van der Waals surface area contributed by atoms with Crippen molar-refractivity contribution in [3.63, 3.8) is 0 Å². The molecule has 4 rings (SSSR count). The van der Waals surface area contributed by atoms with Crippen LogP contribution in [-0.2, 0) is 0 Å². The van der Waals surface area contributed by atoms with E-state index in [0.29, 0.717) is 17.3 Å². The first-order valence-corrected chi connectivity index (χ1v) is 7.47. The highest BCUT2D eigenvalue weighted by Gasteiger charge is 2.16. The molecular formula is C18H14N6. The number of nitrogens with zero attached hydrogens (tertiary/aromatic N) is 5. The van der Waals surface area contributed by atoms with Gasteiger partial charge in [0.05, 0.1) is 0 Å². The van der Waals surface area contributed by atoms with Crippen LogP contribution in [0.1, 0.15) is 0 Å². The minimum absolute atomic E-state index is 0.439. The normalized spacial score (nSPS) is 10.7. The van der Waals surface area contributed by atoms with Gasteiger partial charge in [0.2, 0.25) is 0 Å². The van der Waals surface area contributed by atoms with Crippen LogP contribution in [-0.4, -0.2) is 19.9 Å². The zero-order valence-corrected chi connectivity index (χ0v) is 12.7. The van der Waals surface area contributed by atoms with Crippen molar-refractivity contribution in [3.05, 3.63) is 73.1 Å². The maximum Gasteiger partial charge on any atom is 0.163 e. The van der Waals surface area contributed by atoms with Gasteiger partial charge in [0.15, 0.2) is 5.65 Å². The summed E-state index contributed by atoms with van der Waals surface area (Å²) >= 11 is 0. The lowest BCUT2D eigenvalue weighted by atomic mass is 10.2. The molecule has 0 amide bonds. The van der Waals surface area contributed by atoms with E-state index in [1.807, 2.05) is 59.5 Å². The molecule has 24 heavy (non-hydrogen) atoms. The smallest absolute Gasteiger partial charge is 0.163 e. The molecule has 4 heterocycles. The van der Waals surface area contributed by atoms with Crippen molar-refractivity contribution >= 4 is 34.3 Å². The lowest BCUT2D eigenvalue weighted by Gasteiger charge is -2.21. The number of hydrogen-bond acceptors (Lipinski definition) is 6. The highest BCUT2D eigenvalue weighted by molar-refractivity contribution is 5.80. The van der Waals surface area contributed by atoms with Gasteiger partial charge in [-0.2, -0.15) is 0 Å². The summed E-state index contributed by atoms with van der Waals surface area (Å²) in [6, 6.07) is 19.0. The van der Waals surface area contributed by atoms with Crippen LogP contribution in [0.3, 0.4) is 0 Å². The monoisotopic (exact) mass is 314 g/mol. The van der Waals surface area contributed by atoms with Gasteiger partial charge in [-0.3, -0.25) is 4.90 Å². The number of aromatic nitrogens is 4. The second kappa shape index (κ2) is 5.92. The zero-order valence-electron chi connectivity index (χ0n) is 12.7. The lowest BCUT2D eigenvalue weighted by Crippen LogP contribution is -2.14. The van der Waals surface area contributed by atoms with Gasteiger partial charge in [0, 0.05) is 17.8 Å². The van der Waals surface area contributed by atoms with E-state index in [1.165, 1.54) is 0 Å². The molecule has 0 aliphatic rings. The van der Waals surface area contributed by atoms with Crippen LogP contribution in [0.15, 0.2) is 73.1 Å². The quantitative estimate of drug-likeness (QED) is 0.623. The molecule has 2 N–H and O–H groups in total. The van der Waals surface area contributed by atoms with Crippen LogP contribution in [0.25, 0.3) is 11.0 Å². The molecule has 0 spiro atoms. The summed E-state index contributed by atoms with van der Waals surface area (Å²) in [5, 5.41) is 0.926. The van der Waals surface area contributed by atoms with Crippen LogP contribution in [0, 0.1) is 0 Å². The van der Waals surface area contributed by atoms with E-state index in [-0.39, 0.29) is 0 Å². The zero-order chi connectivity index (χ0) is 16.4. The van der Waals surface area contributed by atoms with E-state index in [0.717, 1.165) is 17.0 Å². The first-order valence-electron chi connectivity index (χ1n) is 7.47. The molecule has 0 saturated carbocycles. The topological polar surface area (TPSA) is 80.8 Å². The van der Waals surface area contributed by atoms with E-state index in [1.54, 1.807) is 18.5 Å². The molecular weight excluding hydrogens is 300 g/mol. The first kappa shape index (κ1) is 14.1. The Morgan fingerprint density at radius 1 is 0.667 bits per heavy atom. The molecule has 0 aliphatic heterocycles. The number of nitrogens with two attached hydrogens (primary N) is 1. The van der Waals surface area contributed by atoms with E-state index in [2.05, 4.69) is 19.9 Å². The van der Waals surface area contributed by atoms with E-state index < -0.39 is 0 Å². The molecule has 0 saturated heterocycles. The largest absolute Gasteiger partial charge is 0.384 e. The van der Waals surface area contributed by atoms with Crippen molar-refractivity contribution in [2.75, 3.05) is 10.6 Å². The van der Waals surface area contributed by atoms with Gasteiger partial charge >= 0.3 is 0 Å². The summed E-state index contributed by atoms with van der Waals surface area (Å²) in [5.74, 6) is 2.58. The summed E-state index contributed by atoms with van der Waals surface area (Å²) < 4.78 is 0. The van der Waals surface area contributed by atoms with Crippen molar-refractivity contribution in [2.45, 2.75) is 0 Å². The number of rotatable bonds is 3. The van der Waals surface area contributed by atoms with Crippen molar-refractivity contribution in [3.8, 4) is 0 Å². The highest BCUT2D eigenvalue weighted by atomic mass is 15.3. The van der Waals surface area contributed by atoms with Crippen molar-refractivity contribution in [1.29, 1.82) is 0 Å². The number of pyridine rings is 4. The van der Waals surface area contributed by atoms with E-state index in [4.69, 9.17) is 5.73 Å². The summed E-state index contributed by atoms with van der Waals surface area (Å²) in [6.07, 6.45) is 3.48. The molecule has 116 valence electrons. The van der Waals surface area contributed by atoms with E-state index in [9.17, 15) is 0 Å². The molecule has 6 heteroatoms. The molecule has 0 aromatic carbocycles. The summed E-state index contributed by atoms with van der Waals surface area (Å²) in [6.45, 7) is 0. The van der Waals surface area contributed by atoms with Gasteiger partial charge in [-0.15, -0.1) is 0 Å². The predicted octanol–water partition coefficient (Wildman–Crippen LogP) is 3.47. The van der Waals surface area contributed by atoms with E-state index >= 15 is 0 Å². The molecule has 0 aliphatic carbocycles. The molecule has 0 bridgehead atoms. The lowest BCUT2D eigenvalue weighted by molar-refractivity contribution is 1.09. The summed E-state index contributed by atoms with van der Waals surface area (Å²) in [4.78, 5) is 19.7. The van der Waals surface area contributed by atoms with Crippen molar-refractivity contribution in [1.82, 2.24) is 19.9 Å². The Bertz CT molecular complexity index is 933. The molecule has 0 atom stereocenters. The highest BCUT2D eigenvalue weighted by Crippen LogP contribution is 2.30. The number of fused-ring (bicyclic) bond motifs is 1. The molecule has 0 fully saturated rings. The van der Waals surface area contributed by atoms with Crippen LogP contribution >= 0.6 is 0 Å². The van der Waals surface area contributed by atoms with Crippen LogP contribution in [0.4, 0.5) is 23.3 Å². The number of hydrogen-bond donors (Lipinski definition) is 1. The Morgan fingerprint density at radius 3 is 1.96 bits per heavy atom. The van der Waals surface area contributed by atoms with Crippen LogP contribution < -0.4 is 10.6 Å². The Kier molecular flexibility index (Phi) is 3.47. The third kappa shape index (κ3) is 2.61.